The predicted molar refractivity (Wildman–Crippen MR) is 62.6 cm³/mol. The second kappa shape index (κ2) is 6.58. The highest BCUT2D eigenvalue weighted by Gasteiger charge is 2.38. The number of hydrogen-bond acceptors (Lipinski definition) is 1. The van der Waals surface area contributed by atoms with E-state index in [9.17, 15) is 13.6 Å². The van der Waals surface area contributed by atoms with Gasteiger partial charge in [0, 0.05) is 25.3 Å². The maximum absolute atomic E-state index is 13.6. The molecule has 1 N–H and O–H groups in total. The predicted octanol–water partition coefficient (Wildman–Crippen LogP) is 2.73. The van der Waals surface area contributed by atoms with Gasteiger partial charge in [-0.2, -0.15) is 8.78 Å². The molecule has 0 spiro atoms. The van der Waals surface area contributed by atoms with Gasteiger partial charge in [-0.25, -0.2) is 0 Å². The molecule has 4 heteroatoms. The third-order valence-electron chi connectivity index (χ3n) is 2.88. The van der Waals surface area contributed by atoms with E-state index < -0.39 is 11.8 Å². The Balaban J connectivity index is 2.58. The largest absolute Gasteiger partial charge is 0.356 e. The third-order valence-corrected chi connectivity index (χ3v) is 2.88. The normalized spacial score (nSPS) is 22.9. The van der Waals surface area contributed by atoms with Crippen LogP contribution in [0.25, 0.3) is 0 Å². The van der Waals surface area contributed by atoms with Gasteiger partial charge >= 0.3 is 5.92 Å². The minimum absolute atomic E-state index is 0.123. The van der Waals surface area contributed by atoms with Crippen LogP contribution in [0, 0.1) is 17.8 Å². The molecule has 0 fully saturated rings. The lowest BCUT2D eigenvalue weighted by Crippen LogP contribution is -2.34. The van der Waals surface area contributed by atoms with E-state index in [0.29, 0.717) is 19.4 Å². The van der Waals surface area contributed by atoms with Gasteiger partial charge in [0.05, 0.1) is 0 Å². The van der Waals surface area contributed by atoms with Gasteiger partial charge in [0.25, 0.3) is 0 Å². The van der Waals surface area contributed by atoms with Crippen molar-refractivity contribution < 1.29 is 13.6 Å². The Kier molecular flexibility index (Phi) is 5.40. The third kappa shape index (κ3) is 4.72. The van der Waals surface area contributed by atoms with Gasteiger partial charge < -0.3 is 5.32 Å². The van der Waals surface area contributed by atoms with Crippen molar-refractivity contribution in [3.8, 4) is 11.8 Å². The van der Waals surface area contributed by atoms with Crippen molar-refractivity contribution >= 4 is 5.91 Å². The molecule has 17 heavy (non-hydrogen) atoms. The van der Waals surface area contributed by atoms with E-state index in [0.717, 1.165) is 19.3 Å². The summed E-state index contributed by atoms with van der Waals surface area (Å²) in [6, 6.07) is 0. The summed E-state index contributed by atoms with van der Waals surface area (Å²) < 4.78 is 27.3. The molecule has 0 heterocycles. The second-order valence-electron chi connectivity index (χ2n) is 4.42. The summed E-state index contributed by atoms with van der Waals surface area (Å²) >= 11 is 0. The Morgan fingerprint density at radius 1 is 1.47 bits per heavy atom. The number of amides is 1. The van der Waals surface area contributed by atoms with E-state index in [4.69, 9.17) is 0 Å². The minimum atomic E-state index is -3.02. The lowest BCUT2D eigenvalue weighted by molar-refractivity contribution is -0.125. The molecule has 0 saturated heterocycles. The van der Waals surface area contributed by atoms with Gasteiger partial charge in [0.1, 0.15) is 0 Å². The Bertz CT molecular complexity index is 317. The maximum Gasteiger partial charge on any atom is 0.311 e. The topological polar surface area (TPSA) is 29.1 Å². The number of carbonyl (C=O) groups is 1. The van der Waals surface area contributed by atoms with Crippen LogP contribution in [0.5, 0.6) is 0 Å². The molecule has 0 aromatic heterocycles. The molecule has 1 amide bonds. The standard InChI is InChI=1S/C13H19F2NO/c1-2-9-16-12(17)10-11-7-5-3-4-6-8-13(11,14)15/h11H,2-5,7,9-10H2,1H3,(H,16,17). The number of rotatable bonds is 4. The first-order valence-electron chi connectivity index (χ1n) is 6.21. The molecule has 1 aliphatic rings. The van der Waals surface area contributed by atoms with Gasteiger partial charge in [0.2, 0.25) is 5.91 Å². The average molecular weight is 243 g/mol. The summed E-state index contributed by atoms with van der Waals surface area (Å²) in [4.78, 5) is 11.5. The van der Waals surface area contributed by atoms with Crippen LogP contribution < -0.4 is 5.32 Å². The lowest BCUT2D eigenvalue weighted by atomic mass is 9.89. The molecular weight excluding hydrogens is 224 g/mol. The molecule has 2 nitrogen and oxygen atoms in total. The first-order chi connectivity index (χ1) is 8.06. The zero-order valence-electron chi connectivity index (χ0n) is 10.2. The van der Waals surface area contributed by atoms with E-state index in [-0.39, 0.29) is 12.3 Å². The van der Waals surface area contributed by atoms with E-state index >= 15 is 0 Å². The van der Waals surface area contributed by atoms with Crippen molar-refractivity contribution in [2.45, 2.75) is 51.4 Å². The van der Waals surface area contributed by atoms with Crippen LogP contribution in [0.1, 0.15) is 45.4 Å². The van der Waals surface area contributed by atoms with Crippen LogP contribution in [0.15, 0.2) is 0 Å². The minimum Gasteiger partial charge on any atom is -0.356 e. The SMILES string of the molecule is CCCNC(=O)CC1CCCCC#CC1(F)F. The molecule has 1 atom stereocenters. The fourth-order valence-corrected chi connectivity index (χ4v) is 1.86. The zero-order chi connectivity index (χ0) is 12.7. The Hall–Kier alpha value is -1.11. The molecule has 0 saturated carbocycles. The molecule has 1 unspecified atom stereocenters. The molecule has 0 bridgehead atoms. The summed E-state index contributed by atoms with van der Waals surface area (Å²) in [6.45, 7) is 2.47. The van der Waals surface area contributed by atoms with E-state index in [1.54, 1.807) is 0 Å². The van der Waals surface area contributed by atoms with Crippen LogP contribution in [-0.2, 0) is 4.79 Å². The molecule has 96 valence electrons. The summed E-state index contributed by atoms with van der Waals surface area (Å²) in [7, 11) is 0. The van der Waals surface area contributed by atoms with Gasteiger partial charge in [-0.15, -0.1) is 0 Å². The molecule has 1 aliphatic carbocycles. The number of carbonyl (C=O) groups excluding carboxylic acids is 1. The highest BCUT2D eigenvalue weighted by atomic mass is 19.3. The summed E-state index contributed by atoms with van der Waals surface area (Å²) in [5.41, 5.74) is 0. The number of halogens is 2. The maximum atomic E-state index is 13.6. The van der Waals surface area contributed by atoms with Crippen molar-refractivity contribution in [2.75, 3.05) is 6.54 Å². The number of alkyl halides is 2. The van der Waals surface area contributed by atoms with Gasteiger partial charge in [-0.3, -0.25) is 4.79 Å². The fraction of sp³-hybridized carbons (Fsp3) is 0.769. The van der Waals surface area contributed by atoms with E-state index in [1.165, 1.54) is 0 Å². The average Bonchev–Trinajstić information content (AvgIpc) is 2.27. The van der Waals surface area contributed by atoms with E-state index in [2.05, 4.69) is 11.2 Å². The smallest absolute Gasteiger partial charge is 0.311 e. The number of nitrogens with one attached hydrogen (secondary N) is 1. The quantitative estimate of drug-likeness (QED) is 0.756. The van der Waals surface area contributed by atoms with Gasteiger partial charge in [-0.05, 0) is 25.2 Å². The molecule has 1 rings (SSSR count). The fourth-order valence-electron chi connectivity index (χ4n) is 1.86. The first-order valence-corrected chi connectivity index (χ1v) is 6.21. The van der Waals surface area contributed by atoms with Gasteiger partial charge in [-0.1, -0.05) is 19.3 Å². The van der Waals surface area contributed by atoms with Crippen LogP contribution in [0.2, 0.25) is 0 Å². The second-order valence-corrected chi connectivity index (χ2v) is 4.42. The Morgan fingerprint density at radius 2 is 2.24 bits per heavy atom. The first kappa shape index (κ1) is 14.0. The van der Waals surface area contributed by atoms with Crippen molar-refractivity contribution in [1.29, 1.82) is 0 Å². The highest BCUT2D eigenvalue weighted by molar-refractivity contribution is 5.76. The van der Waals surface area contributed by atoms with Crippen LogP contribution >= 0.6 is 0 Å². The van der Waals surface area contributed by atoms with Crippen LogP contribution in [0.3, 0.4) is 0 Å². The lowest BCUT2D eigenvalue weighted by Gasteiger charge is -2.23. The molecular formula is C13H19F2NO. The van der Waals surface area contributed by atoms with Crippen molar-refractivity contribution in [2.24, 2.45) is 5.92 Å². The highest BCUT2D eigenvalue weighted by Crippen LogP contribution is 2.32. The van der Waals surface area contributed by atoms with Crippen molar-refractivity contribution in [1.82, 2.24) is 5.32 Å². The molecule has 0 aromatic carbocycles. The summed E-state index contributed by atoms with van der Waals surface area (Å²) in [5, 5.41) is 2.63. The van der Waals surface area contributed by atoms with Crippen molar-refractivity contribution in [3.63, 3.8) is 0 Å². The van der Waals surface area contributed by atoms with Crippen LogP contribution in [0.4, 0.5) is 8.78 Å². The molecule has 0 aromatic rings. The van der Waals surface area contributed by atoms with E-state index in [1.807, 2.05) is 12.8 Å². The summed E-state index contributed by atoms with van der Waals surface area (Å²) in [6.07, 6.45) is 3.16. The Morgan fingerprint density at radius 3 is 2.94 bits per heavy atom. The number of hydrogen-bond donors (Lipinski definition) is 1. The van der Waals surface area contributed by atoms with Crippen LogP contribution in [-0.4, -0.2) is 18.4 Å². The molecule has 0 radical (unpaired) electrons. The van der Waals surface area contributed by atoms with Crippen molar-refractivity contribution in [3.05, 3.63) is 0 Å². The monoisotopic (exact) mass is 243 g/mol. The van der Waals surface area contributed by atoms with Gasteiger partial charge in [0.15, 0.2) is 0 Å². The zero-order valence-corrected chi connectivity index (χ0v) is 10.2. The molecule has 0 aliphatic heterocycles. The Labute approximate surface area is 101 Å². The summed E-state index contributed by atoms with van der Waals surface area (Å²) in [5.74, 6) is 0.247.